The summed E-state index contributed by atoms with van der Waals surface area (Å²) in [6.45, 7) is 7.93. The van der Waals surface area contributed by atoms with Gasteiger partial charge in [0.15, 0.2) is 0 Å². The Morgan fingerprint density at radius 2 is 1.90 bits per heavy atom. The lowest BCUT2D eigenvalue weighted by atomic mass is 10.4. The van der Waals surface area contributed by atoms with Crippen LogP contribution in [-0.4, -0.2) is 31.9 Å². The van der Waals surface area contributed by atoms with Gasteiger partial charge in [-0.25, -0.2) is 8.42 Å². The summed E-state index contributed by atoms with van der Waals surface area (Å²) in [4.78, 5) is 2.52. The molecule has 1 N–H and O–H groups in total. The Morgan fingerprint density at radius 1 is 1.29 bits per heavy atom. The van der Waals surface area contributed by atoms with Crippen molar-refractivity contribution in [3.63, 3.8) is 0 Å². The predicted molar refractivity (Wildman–Crippen MR) is 88.3 cm³/mol. The van der Waals surface area contributed by atoms with Gasteiger partial charge in [0.25, 0.3) is 0 Å². The van der Waals surface area contributed by atoms with Gasteiger partial charge in [0.1, 0.15) is 0 Å². The second kappa shape index (κ2) is 7.22. The van der Waals surface area contributed by atoms with Gasteiger partial charge in [-0.3, -0.25) is 0 Å². The highest BCUT2D eigenvalue weighted by molar-refractivity contribution is 7.89. The second-order valence-electron chi connectivity index (χ2n) is 5.69. The topological polar surface area (TPSA) is 49.4 Å². The summed E-state index contributed by atoms with van der Waals surface area (Å²) >= 11 is 1.60. The molecular formula is C15H26N2O2S2. The highest BCUT2D eigenvalue weighted by atomic mass is 32.2. The van der Waals surface area contributed by atoms with Crippen molar-refractivity contribution in [2.75, 3.05) is 13.1 Å². The summed E-state index contributed by atoms with van der Waals surface area (Å²) in [5, 5.41) is 3.45. The maximum atomic E-state index is 12.8. The number of rotatable bonds is 9. The SMILES string of the molecule is CCCN(CCC)S(=O)(=O)c1cc(CNC2CC2)sc1C. The molecule has 1 aliphatic carbocycles. The van der Waals surface area contributed by atoms with Crippen LogP contribution in [-0.2, 0) is 16.6 Å². The molecule has 1 heterocycles. The zero-order chi connectivity index (χ0) is 15.5. The van der Waals surface area contributed by atoms with Crippen LogP contribution in [0.4, 0.5) is 0 Å². The smallest absolute Gasteiger partial charge is 0.244 e. The van der Waals surface area contributed by atoms with E-state index in [2.05, 4.69) is 5.32 Å². The summed E-state index contributed by atoms with van der Waals surface area (Å²) < 4.78 is 27.2. The molecule has 2 rings (SSSR count). The summed E-state index contributed by atoms with van der Waals surface area (Å²) in [7, 11) is -3.34. The third kappa shape index (κ3) is 4.28. The first-order chi connectivity index (χ1) is 9.98. The van der Waals surface area contributed by atoms with Crippen molar-refractivity contribution in [2.24, 2.45) is 0 Å². The van der Waals surface area contributed by atoms with Crippen LogP contribution >= 0.6 is 11.3 Å². The Bertz CT molecular complexity index is 556. The molecule has 120 valence electrons. The Kier molecular flexibility index (Phi) is 5.82. The zero-order valence-electron chi connectivity index (χ0n) is 13.2. The van der Waals surface area contributed by atoms with Crippen molar-refractivity contribution in [3.8, 4) is 0 Å². The van der Waals surface area contributed by atoms with E-state index < -0.39 is 10.0 Å². The Labute approximate surface area is 132 Å². The van der Waals surface area contributed by atoms with Crippen LogP contribution < -0.4 is 5.32 Å². The van der Waals surface area contributed by atoms with Gasteiger partial charge in [0.2, 0.25) is 10.0 Å². The standard InChI is InChI=1S/C15H26N2O2S2/c1-4-8-17(9-5-2)21(18,19)15-10-14(20-12(15)3)11-16-13-6-7-13/h10,13,16H,4-9,11H2,1-3H3. The van der Waals surface area contributed by atoms with Crippen LogP contribution in [0.25, 0.3) is 0 Å². The molecule has 21 heavy (non-hydrogen) atoms. The molecule has 0 unspecified atom stereocenters. The van der Waals surface area contributed by atoms with Crippen LogP contribution in [0, 0.1) is 6.92 Å². The molecule has 1 fully saturated rings. The van der Waals surface area contributed by atoms with Crippen molar-refractivity contribution in [2.45, 2.75) is 63.9 Å². The van der Waals surface area contributed by atoms with E-state index in [9.17, 15) is 8.42 Å². The minimum Gasteiger partial charge on any atom is -0.309 e. The molecule has 0 amide bonds. The first-order valence-corrected chi connectivity index (χ1v) is 10.1. The van der Waals surface area contributed by atoms with E-state index in [4.69, 9.17) is 0 Å². The number of nitrogens with zero attached hydrogens (tertiary/aromatic N) is 1. The van der Waals surface area contributed by atoms with E-state index in [1.165, 1.54) is 12.8 Å². The molecule has 1 aromatic rings. The molecule has 1 aromatic heterocycles. The highest BCUT2D eigenvalue weighted by Crippen LogP contribution is 2.29. The number of hydrogen-bond donors (Lipinski definition) is 1. The quantitative estimate of drug-likeness (QED) is 0.757. The first-order valence-electron chi connectivity index (χ1n) is 7.81. The third-order valence-electron chi connectivity index (χ3n) is 3.63. The van der Waals surface area contributed by atoms with Gasteiger partial charge in [-0.05, 0) is 38.7 Å². The van der Waals surface area contributed by atoms with Crippen molar-refractivity contribution in [1.29, 1.82) is 0 Å². The predicted octanol–water partition coefficient (Wildman–Crippen LogP) is 3.12. The monoisotopic (exact) mass is 330 g/mol. The third-order valence-corrected chi connectivity index (χ3v) is 6.83. The van der Waals surface area contributed by atoms with E-state index in [0.717, 1.165) is 29.1 Å². The molecule has 1 aliphatic rings. The minimum atomic E-state index is -3.34. The van der Waals surface area contributed by atoms with E-state index in [0.29, 0.717) is 24.0 Å². The number of hydrogen-bond acceptors (Lipinski definition) is 4. The van der Waals surface area contributed by atoms with Crippen molar-refractivity contribution in [3.05, 3.63) is 15.8 Å². The second-order valence-corrected chi connectivity index (χ2v) is 8.94. The van der Waals surface area contributed by atoms with Gasteiger partial charge in [0.05, 0.1) is 4.90 Å². The molecule has 0 spiro atoms. The normalized spacial score (nSPS) is 15.8. The largest absolute Gasteiger partial charge is 0.309 e. The molecule has 0 aromatic carbocycles. The maximum Gasteiger partial charge on any atom is 0.244 e. The van der Waals surface area contributed by atoms with Crippen LogP contribution in [0.1, 0.15) is 49.3 Å². The highest BCUT2D eigenvalue weighted by Gasteiger charge is 2.27. The summed E-state index contributed by atoms with van der Waals surface area (Å²) in [5.41, 5.74) is 0. The average molecular weight is 331 g/mol. The first kappa shape index (κ1) is 16.9. The van der Waals surface area contributed by atoms with Gasteiger partial charge in [-0.1, -0.05) is 13.8 Å². The lowest BCUT2D eigenvalue weighted by Crippen LogP contribution is -2.32. The molecule has 6 heteroatoms. The van der Waals surface area contributed by atoms with E-state index in [-0.39, 0.29) is 0 Å². The number of aryl methyl sites for hydroxylation is 1. The lowest BCUT2D eigenvalue weighted by molar-refractivity contribution is 0.410. The summed E-state index contributed by atoms with van der Waals surface area (Å²) in [6, 6.07) is 2.51. The molecule has 0 atom stereocenters. The molecular weight excluding hydrogens is 304 g/mol. The van der Waals surface area contributed by atoms with Crippen molar-refractivity contribution >= 4 is 21.4 Å². The number of thiophene rings is 1. The van der Waals surface area contributed by atoms with Crippen LogP contribution in [0.3, 0.4) is 0 Å². The molecule has 1 saturated carbocycles. The van der Waals surface area contributed by atoms with Gasteiger partial charge < -0.3 is 5.32 Å². The molecule has 0 radical (unpaired) electrons. The molecule has 4 nitrogen and oxygen atoms in total. The average Bonchev–Trinajstić information content (AvgIpc) is 3.18. The van der Waals surface area contributed by atoms with Crippen LogP contribution in [0.15, 0.2) is 11.0 Å². The van der Waals surface area contributed by atoms with E-state index >= 15 is 0 Å². The van der Waals surface area contributed by atoms with Crippen molar-refractivity contribution in [1.82, 2.24) is 9.62 Å². The van der Waals surface area contributed by atoms with Gasteiger partial charge in [-0.15, -0.1) is 11.3 Å². The van der Waals surface area contributed by atoms with Crippen LogP contribution in [0.2, 0.25) is 0 Å². The summed E-state index contributed by atoms with van der Waals surface area (Å²) in [5.74, 6) is 0. The Hall–Kier alpha value is -0.430. The number of sulfonamides is 1. The van der Waals surface area contributed by atoms with E-state index in [1.54, 1.807) is 15.6 Å². The minimum absolute atomic E-state index is 0.502. The lowest BCUT2D eigenvalue weighted by Gasteiger charge is -2.20. The molecule has 0 aliphatic heterocycles. The Balaban J connectivity index is 2.16. The van der Waals surface area contributed by atoms with Gasteiger partial charge in [-0.2, -0.15) is 4.31 Å². The maximum absolute atomic E-state index is 12.8. The fourth-order valence-corrected chi connectivity index (χ4v) is 5.57. The van der Waals surface area contributed by atoms with Gasteiger partial charge in [0, 0.05) is 35.4 Å². The number of nitrogens with one attached hydrogen (secondary N) is 1. The zero-order valence-corrected chi connectivity index (χ0v) is 14.8. The fraction of sp³-hybridized carbons (Fsp3) is 0.733. The summed E-state index contributed by atoms with van der Waals surface area (Å²) in [6.07, 6.45) is 4.18. The van der Waals surface area contributed by atoms with Gasteiger partial charge >= 0.3 is 0 Å². The fourth-order valence-electron chi connectivity index (χ4n) is 2.39. The molecule has 0 saturated heterocycles. The Morgan fingerprint density at radius 3 is 2.43 bits per heavy atom. The van der Waals surface area contributed by atoms with Crippen LogP contribution in [0.5, 0.6) is 0 Å². The van der Waals surface area contributed by atoms with E-state index in [1.807, 2.05) is 26.8 Å². The van der Waals surface area contributed by atoms with Crippen molar-refractivity contribution < 1.29 is 8.42 Å². The molecule has 0 bridgehead atoms.